The Morgan fingerprint density at radius 1 is 1.11 bits per heavy atom. The van der Waals surface area contributed by atoms with E-state index in [0.717, 1.165) is 27.7 Å². The highest BCUT2D eigenvalue weighted by atomic mass is 16.5. The van der Waals surface area contributed by atoms with Crippen molar-refractivity contribution >= 4 is 22.7 Å². The zero-order chi connectivity index (χ0) is 25.8. The second kappa shape index (κ2) is 10.5. The summed E-state index contributed by atoms with van der Waals surface area (Å²) < 4.78 is 13.9. The highest BCUT2D eigenvalue weighted by molar-refractivity contribution is 6.00. The molecular formula is C28H30N4O4. The van der Waals surface area contributed by atoms with E-state index < -0.39 is 5.97 Å². The molecule has 3 aromatic carbocycles. The Balaban J connectivity index is 1.78. The van der Waals surface area contributed by atoms with Crippen molar-refractivity contribution in [2.75, 3.05) is 6.61 Å². The van der Waals surface area contributed by atoms with Crippen LogP contribution in [0.3, 0.4) is 0 Å². The number of para-hydroxylation sites is 2. The number of amidine groups is 1. The molecule has 0 spiro atoms. The number of hydrogen-bond donors (Lipinski definition) is 3. The van der Waals surface area contributed by atoms with Crippen LogP contribution in [0.15, 0.2) is 60.7 Å². The molecule has 0 aliphatic rings. The average Bonchev–Trinajstić information content (AvgIpc) is 3.21. The molecule has 4 rings (SSSR count). The van der Waals surface area contributed by atoms with E-state index in [2.05, 4.69) is 13.8 Å². The number of aliphatic carboxylic acids is 1. The predicted molar refractivity (Wildman–Crippen MR) is 140 cm³/mol. The lowest BCUT2D eigenvalue weighted by Crippen LogP contribution is -2.13. The van der Waals surface area contributed by atoms with Gasteiger partial charge in [-0.2, -0.15) is 5.10 Å². The molecule has 8 nitrogen and oxygen atoms in total. The molecule has 186 valence electrons. The number of benzene rings is 3. The molecule has 1 aromatic heterocycles. The maximum atomic E-state index is 11.3. The number of fused-ring (bicyclic) bond motifs is 1. The number of nitrogen functional groups attached to an aromatic ring is 1. The molecule has 0 unspecified atom stereocenters. The normalized spacial score (nSPS) is 11.1. The SMILES string of the molecule is CCOc1c(C(=N)N)cccc1-c1ccc2c(c1)c(COc1ccccc1CC(=O)O)nn2C(C)C. The van der Waals surface area contributed by atoms with Crippen LogP contribution in [0.25, 0.3) is 22.0 Å². The summed E-state index contributed by atoms with van der Waals surface area (Å²) in [4.78, 5) is 11.3. The van der Waals surface area contributed by atoms with E-state index in [1.807, 2.05) is 48.0 Å². The molecule has 0 aliphatic heterocycles. The molecule has 0 fully saturated rings. The Labute approximate surface area is 209 Å². The lowest BCUT2D eigenvalue weighted by Gasteiger charge is -2.15. The molecule has 0 radical (unpaired) electrons. The summed E-state index contributed by atoms with van der Waals surface area (Å²) in [7, 11) is 0. The summed E-state index contributed by atoms with van der Waals surface area (Å²) in [6, 6.07) is 18.9. The Bertz CT molecular complexity index is 1420. The van der Waals surface area contributed by atoms with Crippen LogP contribution >= 0.6 is 0 Å². The minimum Gasteiger partial charge on any atom is -0.492 e. The van der Waals surface area contributed by atoms with Crippen molar-refractivity contribution in [1.82, 2.24) is 9.78 Å². The third-order valence-electron chi connectivity index (χ3n) is 5.86. The molecule has 0 atom stereocenters. The molecule has 0 amide bonds. The van der Waals surface area contributed by atoms with Crippen LogP contribution in [-0.4, -0.2) is 33.3 Å². The number of nitrogens with zero attached hydrogens (tertiary/aromatic N) is 2. The van der Waals surface area contributed by atoms with E-state index in [0.29, 0.717) is 29.2 Å². The maximum absolute atomic E-state index is 11.3. The van der Waals surface area contributed by atoms with Crippen LogP contribution in [-0.2, 0) is 17.8 Å². The molecule has 36 heavy (non-hydrogen) atoms. The first kappa shape index (κ1) is 24.8. The van der Waals surface area contributed by atoms with Crippen molar-refractivity contribution in [2.24, 2.45) is 5.73 Å². The first-order valence-corrected chi connectivity index (χ1v) is 11.8. The molecule has 4 N–H and O–H groups in total. The zero-order valence-electron chi connectivity index (χ0n) is 20.6. The lowest BCUT2D eigenvalue weighted by atomic mass is 9.99. The van der Waals surface area contributed by atoms with Gasteiger partial charge in [0.05, 0.1) is 24.1 Å². The topological polar surface area (TPSA) is 123 Å². The van der Waals surface area contributed by atoms with Crippen molar-refractivity contribution in [2.45, 2.75) is 39.8 Å². The minimum absolute atomic E-state index is 0.0527. The molecule has 0 bridgehead atoms. The number of ether oxygens (including phenoxy) is 2. The van der Waals surface area contributed by atoms with Crippen LogP contribution < -0.4 is 15.2 Å². The molecule has 4 aromatic rings. The largest absolute Gasteiger partial charge is 0.492 e. The van der Waals surface area contributed by atoms with E-state index in [9.17, 15) is 9.90 Å². The first-order chi connectivity index (χ1) is 17.3. The van der Waals surface area contributed by atoms with Gasteiger partial charge in [0.1, 0.15) is 29.6 Å². The van der Waals surface area contributed by atoms with Gasteiger partial charge in [-0.15, -0.1) is 0 Å². The maximum Gasteiger partial charge on any atom is 0.307 e. The Hall–Kier alpha value is -4.33. The van der Waals surface area contributed by atoms with Gasteiger partial charge in [0.15, 0.2) is 0 Å². The Morgan fingerprint density at radius 3 is 2.58 bits per heavy atom. The minimum atomic E-state index is -0.914. The smallest absolute Gasteiger partial charge is 0.307 e. The average molecular weight is 487 g/mol. The number of rotatable bonds is 10. The summed E-state index contributed by atoms with van der Waals surface area (Å²) in [6.07, 6.45) is -0.117. The van der Waals surface area contributed by atoms with Crippen molar-refractivity contribution in [1.29, 1.82) is 5.41 Å². The van der Waals surface area contributed by atoms with E-state index >= 15 is 0 Å². The van der Waals surface area contributed by atoms with Crippen molar-refractivity contribution < 1.29 is 19.4 Å². The molecule has 0 saturated carbocycles. The third kappa shape index (κ3) is 5.02. The molecular weight excluding hydrogens is 456 g/mol. The Morgan fingerprint density at radius 2 is 1.89 bits per heavy atom. The van der Waals surface area contributed by atoms with Crippen LogP contribution in [0.5, 0.6) is 11.5 Å². The fraction of sp³-hybridized carbons (Fsp3) is 0.250. The summed E-state index contributed by atoms with van der Waals surface area (Å²) >= 11 is 0. The van der Waals surface area contributed by atoms with Gasteiger partial charge in [-0.1, -0.05) is 36.4 Å². The van der Waals surface area contributed by atoms with Gasteiger partial charge in [-0.3, -0.25) is 14.9 Å². The number of carboxylic acids is 1. The number of carbonyl (C=O) groups is 1. The number of hydrogen-bond acceptors (Lipinski definition) is 5. The second-order valence-electron chi connectivity index (χ2n) is 8.71. The monoisotopic (exact) mass is 486 g/mol. The van der Waals surface area contributed by atoms with Crippen molar-refractivity contribution in [3.63, 3.8) is 0 Å². The van der Waals surface area contributed by atoms with Gasteiger partial charge in [0.25, 0.3) is 0 Å². The number of aromatic nitrogens is 2. The van der Waals surface area contributed by atoms with Crippen LogP contribution in [0.4, 0.5) is 0 Å². The summed E-state index contributed by atoms with van der Waals surface area (Å²) in [5, 5.41) is 22.9. The Kier molecular flexibility index (Phi) is 7.24. The number of nitrogens with one attached hydrogen (secondary N) is 1. The van der Waals surface area contributed by atoms with Gasteiger partial charge < -0.3 is 20.3 Å². The predicted octanol–water partition coefficient (Wildman–Crippen LogP) is 5.17. The quantitative estimate of drug-likeness (QED) is 0.210. The van der Waals surface area contributed by atoms with E-state index in [4.69, 9.17) is 25.7 Å². The lowest BCUT2D eigenvalue weighted by molar-refractivity contribution is -0.136. The van der Waals surface area contributed by atoms with Gasteiger partial charge in [-0.25, -0.2) is 0 Å². The van der Waals surface area contributed by atoms with Crippen molar-refractivity contribution in [3.8, 4) is 22.6 Å². The summed E-state index contributed by atoms with van der Waals surface area (Å²) in [6.45, 7) is 6.66. The van der Waals surface area contributed by atoms with Gasteiger partial charge >= 0.3 is 5.97 Å². The van der Waals surface area contributed by atoms with Gasteiger partial charge in [0, 0.05) is 22.6 Å². The van der Waals surface area contributed by atoms with E-state index in [-0.39, 0.29) is 24.9 Å². The number of nitrogens with two attached hydrogens (primary N) is 1. The van der Waals surface area contributed by atoms with Crippen LogP contribution in [0.1, 0.15) is 43.6 Å². The van der Waals surface area contributed by atoms with Gasteiger partial charge in [0.2, 0.25) is 0 Å². The first-order valence-electron chi connectivity index (χ1n) is 11.8. The number of carboxylic acid groups (broad SMARTS) is 1. The second-order valence-corrected chi connectivity index (χ2v) is 8.71. The fourth-order valence-corrected chi connectivity index (χ4v) is 4.25. The summed E-state index contributed by atoms with van der Waals surface area (Å²) in [5.74, 6) is 0.130. The third-order valence-corrected chi connectivity index (χ3v) is 5.86. The zero-order valence-corrected chi connectivity index (χ0v) is 20.6. The fourth-order valence-electron chi connectivity index (χ4n) is 4.25. The highest BCUT2D eigenvalue weighted by Gasteiger charge is 2.18. The summed E-state index contributed by atoms with van der Waals surface area (Å²) in [5.41, 5.74) is 10.4. The highest BCUT2D eigenvalue weighted by Crippen LogP contribution is 2.36. The molecule has 0 aliphatic carbocycles. The molecule has 8 heteroatoms. The van der Waals surface area contributed by atoms with E-state index in [1.54, 1.807) is 24.3 Å². The van der Waals surface area contributed by atoms with Crippen molar-refractivity contribution in [3.05, 3.63) is 77.5 Å². The van der Waals surface area contributed by atoms with Gasteiger partial charge in [-0.05, 0) is 50.6 Å². The van der Waals surface area contributed by atoms with E-state index in [1.165, 1.54) is 0 Å². The molecule has 0 saturated heterocycles. The van der Waals surface area contributed by atoms with Crippen LogP contribution in [0, 0.1) is 5.41 Å². The van der Waals surface area contributed by atoms with Crippen LogP contribution in [0.2, 0.25) is 0 Å². The standard InChI is InChI=1S/C28H30N4O4/c1-4-35-27-20(9-7-10-21(27)28(29)30)18-12-13-24-22(14-18)23(31-32(24)17(2)3)16-36-25-11-6-5-8-19(25)15-26(33)34/h5-14,17H,4,15-16H2,1-3H3,(H3,29,30)(H,33,34). The molecule has 1 heterocycles.